The minimum absolute atomic E-state index is 0.718. The zero-order valence-electron chi connectivity index (χ0n) is 9.30. The fraction of sp³-hybridized carbons (Fsp3) is 0.167. The van der Waals surface area contributed by atoms with Crippen molar-refractivity contribution in [3.63, 3.8) is 0 Å². The molecular weight excluding hydrogens is 234 g/mol. The van der Waals surface area contributed by atoms with Crippen LogP contribution in [0.15, 0.2) is 34.9 Å². The number of benzene rings is 1. The van der Waals surface area contributed by atoms with E-state index in [0.29, 0.717) is 0 Å². The van der Waals surface area contributed by atoms with Crippen LogP contribution < -0.4 is 5.32 Å². The van der Waals surface area contributed by atoms with Crippen LogP contribution in [-0.2, 0) is 0 Å². The minimum atomic E-state index is 0.718. The third-order valence-electron chi connectivity index (χ3n) is 2.48. The molecule has 1 aromatic carbocycles. The maximum atomic E-state index is 5.48. The van der Waals surface area contributed by atoms with Gasteiger partial charge in [-0.15, -0.1) is 0 Å². The molecule has 86 valence electrons. The van der Waals surface area contributed by atoms with E-state index in [2.05, 4.69) is 14.7 Å². The van der Waals surface area contributed by atoms with Crippen LogP contribution in [0, 0.1) is 0 Å². The van der Waals surface area contributed by atoms with Crippen molar-refractivity contribution in [1.29, 1.82) is 0 Å². The van der Waals surface area contributed by atoms with Crippen molar-refractivity contribution in [2.45, 2.75) is 6.92 Å². The first-order chi connectivity index (χ1) is 8.38. The topological polar surface area (TPSA) is 51.0 Å². The molecule has 0 aliphatic carbocycles. The second-order valence-electron chi connectivity index (χ2n) is 3.60. The van der Waals surface area contributed by atoms with Crippen molar-refractivity contribution in [3.05, 3.63) is 30.5 Å². The Morgan fingerprint density at radius 2 is 2.24 bits per heavy atom. The Balaban J connectivity index is 2.07. The van der Waals surface area contributed by atoms with Crippen LogP contribution >= 0.6 is 11.5 Å². The molecule has 4 nitrogen and oxygen atoms in total. The summed E-state index contributed by atoms with van der Waals surface area (Å²) in [6.07, 6.45) is 1.71. The van der Waals surface area contributed by atoms with Crippen molar-refractivity contribution < 1.29 is 4.42 Å². The maximum Gasteiger partial charge on any atom is 0.202 e. The third-order valence-corrected chi connectivity index (χ3v) is 3.15. The molecule has 0 bridgehead atoms. The van der Waals surface area contributed by atoms with E-state index in [0.717, 1.165) is 34.0 Å². The number of rotatable bonds is 3. The summed E-state index contributed by atoms with van der Waals surface area (Å²) in [4.78, 5) is 4.43. The summed E-state index contributed by atoms with van der Waals surface area (Å²) in [5.74, 6) is 0.718. The highest BCUT2D eigenvalue weighted by molar-refractivity contribution is 7.09. The van der Waals surface area contributed by atoms with E-state index >= 15 is 0 Å². The summed E-state index contributed by atoms with van der Waals surface area (Å²) in [5, 5.41) is 5.04. The monoisotopic (exact) mass is 245 g/mol. The normalized spacial score (nSPS) is 10.9. The van der Waals surface area contributed by atoms with Crippen LogP contribution in [-0.4, -0.2) is 15.9 Å². The Labute approximate surface area is 102 Å². The number of nitrogens with zero attached hydrogens (tertiary/aromatic N) is 2. The van der Waals surface area contributed by atoms with E-state index < -0.39 is 0 Å². The quantitative estimate of drug-likeness (QED) is 0.768. The number of anilines is 1. The van der Waals surface area contributed by atoms with Gasteiger partial charge >= 0.3 is 0 Å². The van der Waals surface area contributed by atoms with Gasteiger partial charge in [-0.05, 0) is 13.0 Å². The van der Waals surface area contributed by atoms with Gasteiger partial charge in [-0.25, -0.2) is 0 Å². The van der Waals surface area contributed by atoms with Gasteiger partial charge in [-0.1, -0.05) is 18.2 Å². The van der Waals surface area contributed by atoms with Crippen LogP contribution in [0.5, 0.6) is 0 Å². The molecule has 1 N–H and O–H groups in total. The number of nitrogens with one attached hydrogen (secondary N) is 1. The highest BCUT2D eigenvalue weighted by atomic mass is 32.1. The van der Waals surface area contributed by atoms with Gasteiger partial charge in [0.2, 0.25) is 5.13 Å². The van der Waals surface area contributed by atoms with E-state index in [-0.39, 0.29) is 0 Å². The van der Waals surface area contributed by atoms with E-state index in [1.807, 2.05) is 31.2 Å². The molecule has 0 saturated heterocycles. The largest absolute Gasteiger partial charge is 0.464 e. The molecule has 3 aromatic rings. The average Bonchev–Trinajstić information content (AvgIpc) is 2.95. The summed E-state index contributed by atoms with van der Waals surface area (Å²) < 4.78 is 9.81. The lowest BCUT2D eigenvalue weighted by molar-refractivity contribution is 0.616. The Hall–Kier alpha value is -1.88. The van der Waals surface area contributed by atoms with Crippen LogP contribution in [0.25, 0.3) is 22.4 Å². The van der Waals surface area contributed by atoms with Gasteiger partial charge in [0.05, 0.1) is 5.56 Å². The minimum Gasteiger partial charge on any atom is -0.464 e. The molecule has 0 fully saturated rings. The van der Waals surface area contributed by atoms with Gasteiger partial charge in [0.25, 0.3) is 0 Å². The number of fused-ring (bicyclic) bond motifs is 1. The first-order valence-corrected chi connectivity index (χ1v) is 6.20. The van der Waals surface area contributed by atoms with E-state index in [1.165, 1.54) is 11.5 Å². The Morgan fingerprint density at radius 3 is 3.12 bits per heavy atom. The first-order valence-electron chi connectivity index (χ1n) is 5.42. The lowest BCUT2D eigenvalue weighted by Crippen LogP contribution is -1.94. The Morgan fingerprint density at radius 1 is 1.35 bits per heavy atom. The van der Waals surface area contributed by atoms with Gasteiger partial charge in [0, 0.05) is 23.5 Å². The summed E-state index contributed by atoms with van der Waals surface area (Å²) >= 11 is 1.37. The third kappa shape index (κ3) is 1.78. The van der Waals surface area contributed by atoms with Crippen molar-refractivity contribution in [2.75, 3.05) is 11.9 Å². The number of aromatic nitrogens is 2. The molecule has 0 radical (unpaired) electrons. The average molecular weight is 245 g/mol. The van der Waals surface area contributed by atoms with Crippen LogP contribution in [0.1, 0.15) is 6.92 Å². The van der Waals surface area contributed by atoms with Gasteiger partial charge in [0.15, 0.2) is 5.82 Å². The fourth-order valence-corrected chi connectivity index (χ4v) is 2.36. The van der Waals surface area contributed by atoms with Crippen molar-refractivity contribution in [2.24, 2.45) is 0 Å². The second kappa shape index (κ2) is 4.18. The molecule has 17 heavy (non-hydrogen) atoms. The molecule has 5 heteroatoms. The summed E-state index contributed by atoms with van der Waals surface area (Å²) in [6.45, 7) is 2.88. The van der Waals surface area contributed by atoms with Crippen LogP contribution in [0.4, 0.5) is 5.13 Å². The maximum absolute atomic E-state index is 5.48. The van der Waals surface area contributed by atoms with E-state index in [4.69, 9.17) is 4.42 Å². The zero-order valence-corrected chi connectivity index (χ0v) is 10.1. The SMILES string of the molecule is CCNc1nc(-c2coc3ccccc23)ns1. The van der Waals surface area contributed by atoms with Crippen molar-refractivity contribution in [1.82, 2.24) is 9.36 Å². The first kappa shape index (κ1) is 10.3. The number of furan rings is 1. The molecule has 2 heterocycles. The van der Waals surface area contributed by atoms with Gasteiger partial charge in [-0.3, -0.25) is 0 Å². The predicted octanol–water partition coefficient (Wildman–Crippen LogP) is 3.38. The number of hydrogen-bond acceptors (Lipinski definition) is 5. The fourth-order valence-electron chi connectivity index (χ4n) is 1.71. The highest BCUT2D eigenvalue weighted by Gasteiger charge is 2.12. The molecule has 0 unspecified atom stereocenters. The van der Waals surface area contributed by atoms with Crippen molar-refractivity contribution in [3.8, 4) is 11.4 Å². The zero-order chi connectivity index (χ0) is 11.7. The molecule has 0 spiro atoms. The molecular formula is C12H11N3OS. The number of hydrogen-bond donors (Lipinski definition) is 1. The summed E-state index contributed by atoms with van der Waals surface area (Å²) in [7, 11) is 0. The van der Waals surface area contributed by atoms with Crippen LogP contribution in [0.2, 0.25) is 0 Å². The molecule has 0 aliphatic heterocycles. The van der Waals surface area contributed by atoms with Gasteiger partial charge in [-0.2, -0.15) is 9.36 Å². The molecule has 0 amide bonds. The Bertz CT molecular complexity index is 644. The molecule has 0 atom stereocenters. The lowest BCUT2D eigenvalue weighted by atomic mass is 10.2. The summed E-state index contributed by atoms with van der Waals surface area (Å²) in [6, 6.07) is 7.89. The van der Waals surface area contributed by atoms with Crippen molar-refractivity contribution >= 4 is 27.6 Å². The summed E-state index contributed by atoms with van der Waals surface area (Å²) in [5.41, 5.74) is 1.81. The van der Waals surface area contributed by atoms with Gasteiger partial charge < -0.3 is 9.73 Å². The molecule has 2 aromatic heterocycles. The van der Waals surface area contributed by atoms with E-state index in [9.17, 15) is 0 Å². The number of para-hydroxylation sites is 1. The molecule has 0 aliphatic rings. The molecule has 0 saturated carbocycles. The smallest absolute Gasteiger partial charge is 0.202 e. The standard InChI is InChI=1S/C12H11N3OS/c1-2-13-12-14-11(15-17-12)9-7-16-10-6-4-3-5-8(9)10/h3-7H,2H2,1H3,(H,13,14,15). The second-order valence-corrected chi connectivity index (χ2v) is 4.35. The molecule has 3 rings (SSSR count). The van der Waals surface area contributed by atoms with Gasteiger partial charge in [0.1, 0.15) is 11.8 Å². The Kier molecular flexibility index (Phi) is 2.53. The van der Waals surface area contributed by atoms with Crippen LogP contribution in [0.3, 0.4) is 0 Å². The van der Waals surface area contributed by atoms with E-state index in [1.54, 1.807) is 6.26 Å². The highest BCUT2D eigenvalue weighted by Crippen LogP contribution is 2.30. The predicted molar refractivity (Wildman–Crippen MR) is 69.3 cm³/mol. The lowest BCUT2D eigenvalue weighted by Gasteiger charge is -1.92.